The lowest BCUT2D eigenvalue weighted by Crippen LogP contribution is -2.30. The molecule has 3 rings (SSSR count). The number of carbonyl (C=O) groups is 2. The Kier molecular flexibility index (Phi) is 12.8. The molecule has 1 saturated heterocycles. The Morgan fingerprint density at radius 1 is 0.844 bits per heavy atom. The van der Waals surface area contributed by atoms with E-state index in [0.717, 1.165) is 30.3 Å². The number of carboxylic acid groups (broad SMARTS) is 1. The first-order valence-electron chi connectivity index (χ1n) is 12.0. The number of rotatable bonds is 11. The van der Waals surface area contributed by atoms with Crippen molar-refractivity contribution >= 4 is 18.1 Å². The molecule has 1 amide bonds. The number of para-hydroxylation sites is 1. The number of unbranched alkanes of at least 4 members (excludes halogenated alkanes) is 6. The maximum absolute atomic E-state index is 10.6. The van der Waals surface area contributed by atoms with E-state index >= 15 is 0 Å². The van der Waals surface area contributed by atoms with Gasteiger partial charge in [0.15, 0.2) is 0 Å². The molecular formula is C27H38N2O3. The minimum absolute atomic E-state index is 0.598. The van der Waals surface area contributed by atoms with Crippen molar-refractivity contribution in [1.82, 2.24) is 4.90 Å². The Bertz CT molecular complexity index is 773. The van der Waals surface area contributed by atoms with Crippen LogP contribution in [0.15, 0.2) is 54.6 Å². The SMILES string of the molecule is O=C(O)Nc1ccccc1-c1ccccc1.O=CCCCCCCCCN1CCCCC1. The van der Waals surface area contributed by atoms with E-state index in [9.17, 15) is 9.59 Å². The van der Waals surface area contributed by atoms with Gasteiger partial charge in [0, 0.05) is 12.0 Å². The van der Waals surface area contributed by atoms with Crippen molar-refractivity contribution in [2.24, 2.45) is 0 Å². The number of nitrogens with zero attached hydrogens (tertiary/aromatic N) is 1. The van der Waals surface area contributed by atoms with Gasteiger partial charge < -0.3 is 14.8 Å². The van der Waals surface area contributed by atoms with Crippen LogP contribution in [0.3, 0.4) is 0 Å². The summed E-state index contributed by atoms with van der Waals surface area (Å²) in [7, 11) is 0. The summed E-state index contributed by atoms with van der Waals surface area (Å²) in [5.41, 5.74) is 2.47. The van der Waals surface area contributed by atoms with Gasteiger partial charge in [0.05, 0.1) is 5.69 Å². The molecule has 0 aliphatic carbocycles. The maximum Gasteiger partial charge on any atom is 0.409 e. The molecule has 2 aromatic rings. The molecule has 5 heteroatoms. The Morgan fingerprint density at radius 3 is 2.16 bits per heavy atom. The topological polar surface area (TPSA) is 69.6 Å². The fraction of sp³-hybridized carbons (Fsp3) is 0.481. The lowest BCUT2D eigenvalue weighted by Gasteiger charge is -2.26. The van der Waals surface area contributed by atoms with E-state index in [4.69, 9.17) is 5.11 Å². The monoisotopic (exact) mass is 438 g/mol. The van der Waals surface area contributed by atoms with Crippen LogP contribution in [0, 0.1) is 0 Å². The Labute approximate surface area is 192 Å². The van der Waals surface area contributed by atoms with Gasteiger partial charge in [-0.3, -0.25) is 5.32 Å². The second-order valence-corrected chi connectivity index (χ2v) is 8.32. The Morgan fingerprint density at radius 2 is 1.47 bits per heavy atom. The lowest BCUT2D eigenvalue weighted by atomic mass is 10.0. The number of piperidine rings is 1. The molecule has 174 valence electrons. The number of benzene rings is 2. The van der Waals surface area contributed by atoms with E-state index < -0.39 is 6.09 Å². The number of amides is 1. The van der Waals surface area contributed by atoms with Crippen molar-refractivity contribution < 1.29 is 14.7 Å². The predicted molar refractivity (Wildman–Crippen MR) is 132 cm³/mol. The Balaban J connectivity index is 0.000000227. The molecule has 0 spiro atoms. The van der Waals surface area contributed by atoms with Gasteiger partial charge in [-0.25, -0.2) is 4.79 Å². The molecule has 1 heterocycles. The quantitative estimate of drug-likeness (QED) is 0.297. The van der Waals surface area contributed by atoms with Crippen LogP contribution in [0.4, 0.5) is 10.5 Å². The van der Waals surface area contributed by atoms with Crippen molar-refractivity contribution in [3.63, 3.8) is 0 Å². The van der Waals surface area contributed by atoms with Crippen molar-refractivity contribution in [2.45, 2.75) is 64.2 Å². The third-order valence-electron chi connectivity index (χ3n) is 5.75. The van der Waals surface area contributed by atoms with E-state index in [2.05, 4.69) is 10.2 Å². The van der Waals surface area contributed by atoms with Crippen LogP contribution in [-0.4, -0.2) is 42.0 Å². The molecule has 5 nitrogen and oxygen atoms in total. The molecule has 0 atom stereocenters. The summed E-state index contributed by atoms with van der Waals surface area (Å²) in [6.45, 7) is 3.98. The first-order valence-corrected chi connectivity index (χ1v) is 12.0. The summed E-state index contributed by atoms with van der Waals surface area (Å²) in [6.07, 6.45) is 12.7. The maximum atomic E-state index is 10.6. The van der Waals surface area contributed by atoms with Crippen molar-refractivity contribution in [3.05, 3.63) is 54.6 Å². The zero-order chi connectivity index (χ0) is 22.9. The van der Waals surface area contributed by atoms with Crippen LogP contribution < -0.4 is 5.32 Å². The van der Waals surface area contributed by atoms with Crippen LogP contribution in [0.25, 0.3) is 11.1 Å². The minimum Gasteiger partial charge on any atom is -0.465 e. The highest BCUT2D eigenvalue weighted by Gasteiger charge is 2.08. The number of likely N-dealkylation sites (tertiary alicyclic amines) is 1. The zero-order valence-corrected chi connectivity index (χ0v) is 19.2. The summed E-state index contributed by atoms with van der Waals surface area (Å²) in [5, 5.41) is 11.1. The molecule has 2 N–H and O–H groups in total. The van der Waals surface area contributed by atoms with Gasteiger partial charge in [-0.1, -0.05) is 80.6 Å². The summed E-state index contributed by atoms with van der Waals surface area (Å²) in [5.74, 6) is 0. The predicted octanol–water partition coefficient (Wildman–Crippen LogP) is 6.85. The normalized spacial score (nSPS) is 13.6. The number of anilines is 1. The fourth-order valence-electron chi connectivity index (χ4n) is 4.03. The van der Waals surface area contributed by atoms with E-state index in [1.54, 1.807) is 12.1 Å². The second kappa shape index (κ2) is 16.0. The van der Waals surface area contributed by atoms with Gasteiger partial charge in [-0.05, 0) is 56.9 Å². The van der Waals surface area contributed by atoms with Crippen molar-refractivity contribution in [1.29, 1.82) is 0 Å². The number of hydrogen-bond acceptors (Lipinski definition) is 3. The van der Waals surface area contributed by atoms with Gasteiger partial charge in [-0.2, -0.15) is 0 Å². The van der Waals surface area contributed by atoms with Gasteiger partial charge >= 0.3 is 6.09 Å². The average Bonchev–Trinajstić information content (AvgIpc) is 2.82. The highest BCUT2D eigenvalue weighted by atomic mass is 16.4. The van der Waals surface area contributed by atoms with Gasteiger partial charge in [-0.15, -0.1) is 0 Å². The summed E-state index contributed by atoms with van der Waals surface area (Å²) >= 11 is 0. The first kappa shape index (κ1) is 25.6. The minimum atomic E-state index is -1.05. The van der Waals surface area contributed by atoms with E-state index in [-0.39, 0.29) is 0 Å². The van der Waals surface area contributed by atoms with Crippen molar-refractivity contribution in [3.8, 4) is 11.1 Å². The van der Waals surface area contributed by atoms with E-state index in [1.165, 1.54) is 71.0 Å². The molecule has 1 aliphatic heterocycles. The third-order valence-corrected chi connectivity index (χ3v) is 5.75. The summed E-state index contributed by atoms with van der Waals surface area (Å²) < 4.78 is 0. The number of hydrogen-bond donors (Lipinski definition) is 2. The molecule has 0 aromatic heterocycles. The molecule has 0 radical (unpaired) electrons. The largest absolute Gasteiger partial charge is 0.465 e. The zero-order valence-electron chi connectivity index (χ0n) is 19.2. The van der Waals surface area contributed by atoms with Gasteiger partial charge in [0.1, 0.15) is 6.29 Å². The van der Waals surface area contributed by atoms with Gasteiger partial charge in [0.25, 0.3) is 0 Å². The van der Waals surface area contributed by atoms with Gasteiger partial charge in [0.2, 0.25) is 0 Å². The Hall–Kier alpha value is -2.66. The summed E-state index contributed by atoms with van der Waals surface area (Å²) in [6, 6.07) is 17.0. The van der Waals surface area contributed by atoms with Crippen LogP contribution in [0.2, 0.25) is 0 Å². The summed E-state index contributed by atoms with van der Waals surface area (Å²) in [4.78, 5) is 23.4. The molecule has 1 fully saturated rings. The smallest absolute Gasteiger partial charge is 0.409 e. The lowest BCUT2D eigenvalue weighted by molar-refractivity contribution is -0.107. The highest BCUT2D eigenvalue weighted by molar-refractivity contribution is 5.90. The number of aldehydes is 1. The molecule has 0 saturated carbocycles. The molecule has 1 aliphatic rings. The van der Waals surface area contributed by atoms with Crippen molar-refractivity contribution in [2.75, 3.05) is 25.0 Å². The number of carbonyl (C=O) groups excluding carboxylic acids is 1. The fourth-order valence-corrected chi connectivity index (χ4v) is 4.03. The molecule has 0 bridgehead atoms. The van der Waals surface area contributed by atoms with E-state index in [0.29, 0.717) is 5.69 Å². The van der Waals surface area contributed by atoms with Crippen LogP contribution >= 0.6 is 0 Å². The van der Waals surface area contributed by atoms with Crippen LogP contribution in [-0.2, 0) is 4.79 Å². The molecule has 2 aromatic carbocycles. The van der Waals surface area contributed by atoms with E-state index in [1.807, 2.05) is 42.5 Å². The molecule has 0 unspecified atom stereocenters. The van der Waals surface area contributed by atoms with Crippen LogP contribution in [0.1, 0.15) is 64.2 Å². The molecule has 32 heavy (non-hydrogen) atoms. The standard InChI is InChI=1S/C14H27NO.C13H11NO2/c16-14-10-5-3-1-2-4-7-11-15-12-8-6-9-13-15;15-13(16)14-12-9-5-4-8-11(12)10-6-2-1-3-7-10/h14H,1-13H2;1-9,14H,(H,15,16). The molecular weight excluding hydrogens is 400 g/mol. The second-order valence-electron chi connectivity index (χ2n) is 8.32. The average molecular weight is 439 g/mol. The number of nitrogens with one attached hydrogen (secondary N) is 1. The first-order chi connectivity index (χ1) is 15.7. The third kappa shape index (κ3) is 10.6. The highest BCUT2D eigenvalue weighted by Crippen LogP contribution is 2.27. The van der Waals surface area contributed by atoms with Crippen LogP contribution in [0.5, 0.6) is 0 Å².